The quantitative estimate of drug-likeness (QED) is 0.812. The van der Waals surface area contributed by atoms with Crippen LogP contribution in [0.1, 0.15) is 34.3 Å². The third kappa shape index (κ3) is 2.65. The SMILES string of the molecule is C=CCCC(O)c1cc2c(s1)CCSC2. The first-order chi connectivity index (χ1) is 7.31. The summed E-state index contributed by atoms with van der Waals surface area (Å²) in [5.41, 5.74) is 1.45. The Labute approximate surface area is 99.2 Å². The monoisotopic (exact) mass is 240 g/mol. The Morgan fingerprint density at radius 1 is 1.60 bits per heavy atom. The lowest BCUT2D eigenvalue weighted by Gasteiger charge is -2.08. The lowest BCUT2D eigenvalue weighted by molar-refractivity contribution is 0.172. The van der Waals surface area contributed by atoms with Gasteiger partial charge in [0.2, 0.25) is 0 Å². The van der Waals surface area contributed by atoms with Crippen LogP contribution in [0.2, 0.25) is 0 Å². The number of thioether (sulfide) groups is 1. The number of thiophene rings is 1. The minimum atomic E-state index is -0.288. The van der Waals surface area contributed by atoms with Crippen LogP contribution >= 0.6 is 23.1 Å². The molecule has 0 radical (unpaired) electrons. The van der Waals surface area contributed by atoms with E-state index in [1.807, 2.05) is 17.8 Å². The van der Waals surface area contributed by atoms with Gasteiger partial charge in [-0.2, -0.15) is 11.8 Å². The lowest BCUT2D eigenvalue weighted by atomic mass is 10.1. The number of allylic oxidation sites excluding steroid dienone is 1. The summed E-state index contributed by atoms with van der Waals surface area (Å²) in [7, 11) is 0. The van der Waals surface area contributed by atoms with E-state index in [-0.39, 0.29) is 6.10 Å². The Morgan fingerprint density at radius 3 is 3.20 bits per heavy atom. The van der Waals surface area contributed by atoms with Crippen molar-refractivity contribution in [2.24, 2.45) is 0 Å². The molecule has 2 heterocycles. The number of hydrogen-bond acceptors (Lipinski definition) is 3. The van der Waals surface area contributed by atoms with Crippen LogP contribution in [0.4, 0.5) is 0 Å². The van der Waals surface area contributed by atoms with Crippen molar-refractivity contribution in [3.63, 3.8) is 0 Å². The fraction of sp³-hybridized carbons (Fsp3) is 0.500. The lowest BCUT2D eigenvalue weighted by Crippen LogP contribution is -1.96. The van der Waals surface area contributed by atoms with Gasteiger partial charge in [0, 0.05) is 15.5 Å². The number of aliphatic hydroxyl groups is 1. The van der Waals surface area contributed by atoms with E-state index in [4.69, 9.17) is 0 Å². The fourth-order valence-corrected chi connectivity index (χ4v) is 4.15. The van der Waals surface area contributed by atoms with Crippen LogP contribution in [0.5, 0.6) is 0 Å². The van der Waals surface area contributed by atoms with E-state index in [1.54, 1.807) is 11.3 Å². The van der Waals surface area contributed by atoms with Gasteiger partial charge >= 0.3 is 0 Å². The Kier molecular flexibility index (Phi) is 3.89. The summed E-state index contributed by atoms with van der Waals surface area (Å²) in [6.07, 6.45) is 4.45. The topological polar surface area (TPSA) is 20.2 Å². The predicted molar refractivity (Wildman–Crippen MR) is 68.6 cm³/mol. The zero-order valence-corrected chi connectivity index (χ0v) is 10.4. The zero-order chi connectivity index (χ0) is 10.7. The molecule has 1 atom stereocenters. The molecule has 1 unspecified atom stereocenters. The molecule has 1 aromatic rings. The molecule has 3 heteroatoms. The van der Waals surface area contributed by atoms with Crippen LogP contribution in [0, 0.1) is 0 Å². The van der Waals surface area contributed by atoms with Gasteiger partial charge in [0.05, 0.1) is 6.10 Å². The molecular weight excluding hydrogens is 224 g/mol. The van der Waals surface area contributed by atoms with Crippen molar-refractivity contribution in [1.29, 1.82) is 0 Å². The van der Waals surface area contributed by atoms with E-state index in [0.29, 0.717) is 0 Å². The van der Waals surface area contributed by atoms with Crippen LogP contribution < -0.4 is 0 Å². The predicted octanol–water partition coefficient (Wildman–Crippen LogP) is 3.54. The molecule has 0 fully saturated rings. The summed E-state index contributed by atoms with van der Waals surface area (Å²) in [5, 5.41) is 9.96. The summed E-state index contributed by atoms with van der Waals surface area (Å²) < 4.78 is 0. The maximum Gasteiger partial charge on any atom is 0.0885 e. The first kappa shape index (κ1) is 11.2. The zero-order valence-electron chi connectivity index (χ0n) is 8.74. The molecule has 1 aliphatic heterocycles. The van der Waals surface area contributed by atoms with Crippen molar-refractivity contribution in [1.82, 2.24) is 0 Å². The molecule has 0 bridgehead atoms. The summed E-state index contributed by atoms with van der Waals surface area (Å²) in [6.45, 7) is 3.68. The molecule has 0 saturated carbocycles. The van der Waals surface area contributed by atoms with Crippen molar-refractivity contribution in [2.75, 3.05) is 5.75 Å². The maximum absolute atomic E-state index is 9.96. The summed E-state index contributed by atoms with van der Waals surface area (Å²) in [6, 6.07) is 2.19. The normalized spacial score (nSPS) is 17.1. The van der Waals surface area contributed by atoms with E-state index in [0.717, 1.165) is 23.5 Å². The van der Waals surface area contributed by atoms with E-state index >= 15 is 0 Å². The van der Waals surface area contributed by atoms with Crippen molar-refractivity contribution in [3.8, 4) is 0 Å². The molecule has 15 heavy (non-hydrogen) atoms. The van der Waals surface area contributed by atoms with Gasteiger partial charge in [-0.05, 0) is 36.6 Å². The van der Waals surface area contributed by atoms with E-state index in [2.05, 4.69) is 12.6 Å². The molecule has 0 spiro atoms. The minimum absolute atomic E-state index is 0.288. The highest BCUT2D eigenvalue weighted by molar-refractivity contribution is 7.98. The number of aliphatic hydroxyl groups excluding tert-OH is 1. The highest BCUT2D eigenvalue weighted by Crippen LogP contribution is 2.35. The summed E-state index contributed by atoms with van der Waals surface area (Å²) >= 11 is 3.79. The fourth-order valence-electron chi connectivity index (χ4n) is 1.75. The second kappa shape index (κ2) is 5.19. The highest BCUT2D eigenvalue weighted by Gasteiger charge is 2.17. The van der Waals surface area contributed by atoms with Gasteiger partial charge in [0.15, 0.2) is 0 Å². The number of rotatable bonds is 4. The van der Waals surface area contributed by atoms with Crippen LogP contribution in [-0.2, 0) is 12.2 Å². The van der Waals surface area contributed by atoms with Gasteiger partial charge in [-0.1, -0.05) is 6.08 Å². The smallest absolute Gasteiger partial charge is 0.0885 e. The van der Waals surface area contributed by atoms with Gasteiger partial charge < -0.3 is 5.11 Å². The molecule has 2 rings (SSSR count). The molecule has 0 amide bonds. The van der Waals surface area contributed by atoms with Crippen LogP contribution in [0.15, 0.2) is 18.7 Å². The average Bonchev–Trinajstić information content (AvgIpc) is 2.69. The Hall–Kier alpha value is -0.250. The molecular formula is C12H16OS2. The second-order valence-electron chi connectivity index (χ2n) is 3.78. The molecule has 1 nitrogen and oxygen atoms in total. The third-order valence-electron chi connectivity index (χ3n) is 2.62. The minimum Gasteiger partial charge on any atom is -0.388 e. The van der Waals surface area contributed by atoms with Crippen LogP contribution in [-0.4, -0.2) is 10.9 Å². The van der Waals surface area contributed by atoms with Crippen molar-refractivity contribution < 1.29 is 5.11 Å². The van der Waals surface area contributed by atoms with E-state index in [1.165, 1.54) is 22.6 Å². The van der Waals surface area contributed by atoms with E-state index < -0.39 is 0 Å². The standard InChI is InChI=1S/C12H16OS2/c1-2-3-4-10(13)12-7-9-8-14-6-5-11(9)15-12/h2,7,10,13H,1,3-6,8H2. The highest BCUT2D eigenvalue weighted by atomic mass is 32.2. The van der Waals surface area contributed by atoms with Gasteiger partial charge in [-0.15, -0.1) is 17.9 Å². The molecule has 0 aliphatic carbocycles. The van der Waals surface area contributed by atoms with Crippen molar-refractivity contribution in [2.45, 2.75) is 31.1 Å². The van der Waals surface area contributed by atoms with E-state index in [9.17, 15) is 5.11 Å². The van der Waals surface area contributed by atoms with Crippen LogP contribution in [0.3, 0.4) is 0 Å². The Bertz CT molecular complexity index is 320. The Balaban J connectivity index is 2.08. The molecule has 1 N–H and O–H groups in total. The van der Waals surface area contributed by atoms with Gasteiger partial charge in [0.1, 0.15) is 0 Å². The number of fused-ring (bicyclic) bond motifs is 1. The maximum atomic E-state index is 9.96. The van der Waals surface area contributed by atoms with Gasteiger partial charge in [0.25, 0.3) is 0 Å². The summed E-state index contributed by atoms with van der Waals surface area (Å²) in [4.78, 5) is 2.63. The van der Waals surface area contributed by atoms with Crippen molar-refractivity contribution in [3.05, 3.63) is 34.0 Å². The molecule has 82 valence electrons. The Morgan fingerprint density at radius 2 is 2.47 bits per heavy atom. The first-order valence-electron chi connectivity index (χ1n) is 5.29. The molecule has 0 saturated heterocycles. The largest absolute Gasteiger partial charge is 0.388 e. The second-order valence-corrected chi connectivity index (χ2v) is 6.06. The molecule has 0 aromatic carbocycles. The van der Waals surface area contributed by atoms with Gasteiger partial charge in [-0.3, -0.25) is 0 Å². The summed E-state index contributed by atoms with van der Waals surface area (Å²) in [5.74, 6) is 2.36. The molecule has 1 aromatic heterocycles. The van der Waals surface area contributed by atoms with Gasteiger partial charge in [-0.25, -0.2) is 0 Å². The van der Waals surface area contributed by atoms with Crippen LogP contribution in [0.25, 0.3) is 0 Å². The first-order valence-corrected chi connectivity index (χ1v) is 7.26. The number of aryl methyl sites for hydroxylation is 1. The van der Waals surface area contributed by atoms with Crippen molar-refractivity contribution >= 4 is 23.1 Å². The molecule has 1 aliphatic rings. The third-order valence-corrected chi connectivity index (χ3v) is 4.97. The average molecular weight is 240 g/mol. The number of hydrogen-bond donors (Lipinski definition) is 1.